The summed E-state index contributed by atoms with van der Waals surface area (Å²) in [6, 6.07) is 0. The molecule has 0 aliphatic rings. The van der Waals surface area contributed by atoms with Gasteiger partial charge in [0.2, 0.25) is 5.66 Å². The van der Waals surface area contributed by atoms with Gasteiger partial charge in [-0.05, 0) is 19.4 Å². The van der Waals surface area contributed by atoms with Crippen molar-refractivity contribution < 1.29 is 9.90 Å². The van der Waals surface area contributed by atoms with Crippen molar-refractivity contribution >= 4 is 11.9 Å². The van der Waals surface area contributed by atoms with Gasteiger partial charge >= 0.3 is 5.97 Å². The van der Waals surface area contributed by atoms with E-state index < -0.39 is 11.6 Å². The molecule has 9 N–H and O–H groups in total. The monoisotopic (exact) mass is 189 g/mol. The maximum Gasteiger partial charge on any atom is 0.346 e. The van der Waals surface area contributed by atoms with E-state index in [1.54, 1.807) is 0 Å². The Morgan fingerprint density at radius 2 is 2.00 bits per heavy atom. The van der Waals surface area contributed by atoms with Gasteiger partial charge in [-0.3, -0.25) is 5.73 Å². The van der Waals surface area contributed by atoms with Gasteiger partial charge in [0.05, 0.1) is 0 Å². The van der Waals surface area contributed by atoms with Crippen molar-refractivity contribution in [3.8, 4) is 0 Å². The first kappa shape index (κ1) is 11.7. The lowest BCUT2D eigenvalue weighted by Gasteiger charge is -2.19. The van der Waals surface area contributed by atoms with Crippen LogP contribution in [0.4, 0.5) is 0 Å². The fourth-order valence-electron chi connectivity index (χ4n) is 0.813. The Morgan fingerprint density at radius 3 is 2.31 bits per heavy atom. The maximum absolute atomic E-state index is 10.7. The second kappa shape index (κ2) is 4.63. The molecule has 0 rings (SSSR count). The molecule has 1 atom stereocenters. The van der Waals surface area contributed by atoms with Gasteiger partial charge in [0.25, 0.3) is 0 Å². The van der Waals surface area contributed by atoms with Crippen LogP contribution in [0.1, 0.15) is 12.8 Å². The number of hydrogen-bond acceptors (Lipinski definition) is 4. The van der Waals surface area contributed by atoms with Crippen LogP contribution in [0.2, 0.25) is 0 Å². The van der Waals surface area contributed by atoms with Crippen LogP contribution >= 0.6 is 0 Å². The Morgan fingerprint density at radius 1 is 1.46 bits per heavy atom. The second-order valence-corrected chi connectivity index (χ2v) is 2.66. The van der Waals surface area contributed by atoms with E-state index in [-0.39, 0.29) is 12.4 Å². The summed E-state index contributed by atoms with van der Waals surface area (Å²) in [5.41, 5.74) is 19.0. The molecule has 1 unspecified atom stereocenters. The van der Waals surface area contributed by atoms with E-state index in [1.165, 1.54) is 0 Å². The van der Waals surface area contributed by atoms with Gasteiger partial charge in [0.1, 0.15) is 0 Å². The number of aliphatic imine (C=N–C) groups is 1. The quantitative estimate of drug-likeness (QED) is 0.243. The number of guanidine groups is 1. The highest BCUT2D eigenvalue weighted by Gasteiger charge is 2.32. The van der Waals surface area contributed by atoms with Gasteiger partial charge in [0.15, 0.2) is 5.96 Å². The molecular weight excluding hydrogens is 174 g/mol. The second-order valence-electron chi connectivity index (χ2n) is 2.66. The first-order valence-corrected chi connectivity index (χ1v) is 3.75. The van der Waals surface area contributed by atoms with E-state index in [9.17, 15) is 4.79 Å². The van der Waals surface area contributed by atoms with Crippen LogP contribution < -0.4 is 22.9 Å². The molecule has 0 bridgehead atoms. The number of carbonyl (C=O) groups is 1. The SMILES string of the molecule is NCCCC(N)(N=C(N)N)C(=O)O. The summed E-state index contributed by atoms with van der Waals surface area (Å²) >= 11 is 0. The summed E-state index contributed by atoms with van der Waals surface area (Å²) < 4.78 is 0. The molecule has 13 heavy (non-hydrogen) atoms. The molecule has 76 valence electrons. The lowest BCUT2D eigenvalue weighted by molar-refractivity contribution is -0.143. The highest BCUT2D eigenvalue weighted by molar-refractivity contribution is 5.84. The van der Waals surface area contributed by atoms with Gasteiger partial charge in [-0.25, -0.2) is 9.79 Å². The zero-order chi connectivity index (χ0) is 10.5. The highest BCUT2D eigenvalue weighted by atomic mass is 16.4. The van der Waals surface area contributed by atoms with Gasteiger partial charge in [0, 0.05) is 0 Å². The third-order valence-corrected chi connectivity index (χ3v) is 1.46. The van der Waals surface area contributed by atoms with E-state index in [0.29, 0.717) is 13.0 Å². The third-order valence-electron chi connectivity index (χ3n) is 1.46. The molecule has 0 heterocycles. The zero-order valence-electron chi connectivity index (χ0n) is 7.23. The summed E-state index contributed by atoms with van der Waals surface area (Å²) in [5.74, 6) is -1.61. The minimum Gasteiger partial charge on any atom is -0.478 e. The average molecular weight is 189 g/mol. The third kappa shape index (κ3) is 3.72. The molecule has 0 aromatic rings. The van der Waals surface area contributed by atoms with E-state index in [4.69, 9.17) is 28.0 Å². The predicted octanol–water partition coefficient (Wildman–Crippen LogP) is -2.26. The van der Waals surface area contributed by atoms with Gasteiger partial charge in [-0.1, -0.05) is 0 Å². The van der Waals surface area contributed by atoms with Crippen LogP contribution in [0.3, 0.4) is 0 Å². The van der Waals surface area contributed by atoms with Crippen LogP contribution in [-0.4, -0.2) is 29.2 Å². The van der Waals surface area contributed by atoms with E-state index in [1.807, 2.05) is 0 Å². The van der Waals surface area contributed by atoms with E-state index in [2.05, 4.69) is 4.99 Å². The van der Waals surface area contributed by atoms with Crippen LogP contribution in [-0.2, 0) is 4.79 Å². The number of rotatable bonds is 5. The molecule has 0 aliphatic heterocycles. The molecule has 7 heteroatoms. The molecule has 0 radical (unpaired) electrons. The Kier molecular flexibility index (Phi) is 4.15. The Bertz CT molecular complexity index is 213. The molecule has 0 saturated carbocycles. The van der Waals surface area contributed by atoms with Gasteiger partial charge in [-0.2, -0.15) is 0 Å². The molecule has 0 saturated heterocycles. The maximum atomic E-state index is 10.7. The van der Waals surface area contributed by atoms with Crippen molar-refractivity contribution in [2.75, 3.05) is 6.54 Å². The van der Waals surface area contributed by atoms with Crippen molar-refractivity contribution in [1.29, 1.82) is 0 Å². The van der Waals surface area contributed by atoms with Crippen LogP contribution in [0.15, 0.2) is 4.99 Å². The highest BCUT2D eigenvalue weighted by Crippen LogP contribution is 2.10. The number of nitrogens with zero attached hydrogens (tertiary/aromatic N) is 1. The number of hydrogen-bond donors (Lipinski definition) is 5. The summed E-state index contributed by atoms with van der Waals surface area (Å²) in [4.78, 5) is 14.1. The molecular formula is C6H15N5O2. The molecule has 0 amide bonds. The molecule has 0 aromatic heterocycles. The van der Waals surface area contributed by atoms with Crippen molar-refractivity contribution in [1.82, 2.24) is 0 Å². The first-order valence-electron chi connectivity index (χ1n) is 3.75. The number of nitrogens with two attached hydrogens (primary N) is 4. The Labute approximate surface area is 75.8 Å². The average Bonchev–Trinajstić information content (AvgIpc) is 1.99. The van der Waals surface area contributed by atoms with Crippen LogP contribution in [0, 0.1) is 0 Å². The molecule has 7 nitrogen and oxygen atoms in total. The Balaban J connectivity index is 4.53. The van der Waals surface area contributed by atoms with Crippen molar-refractivity contribution in [3.05, 3.63) is 0 Å². The zero-order valence-corrected chi connectivity index (χ0v) is 7.23. The molecule has 0 spiro atoms. The lowest BCUT2D eigenvalue weighted by atomic mass is 10.1. The topological polar surface area (TPSA) is 154 Å². The van der Waals surface area contributed by atoms with Gasteiger partial charge in [-0.15, -0.1) is 0 Å². The smallest absolute Gasteiger partial charge is 0.346 e. The molecule has 0 aliphatic carbocycles. The molecule has 0 aromatic carbocycles. The summed E-state index contributed by atoms with van der Waals surface area (Å²) in [7, 11) is 0. The standard InChI is InChI=1S/C6H15N5O2/c7-3-1-2-6(10,4(12)13)11-5(8)9/h1-3,7,10H2,(H,12,13)(H4,8,9,11). The minimum atomic E-state index is -1.75. The van der Waals surface area contributed by atoms with Crippen LogP contribution in [0.25, 0.3) is 0 Å². The van der Waals surface area contributed by atoms with Gasteiger partial charge < -0.3 is 22.3 Å². The normalized spacial score (nSPS) is 14.6. The Hall–Kier alpha value is -1.34. The summed E-state index contributed by atoms with van der Waals surface area (Å²) in [6.45, 7) is 0.340. The number of aliphatic carboxylic acids is 1. The number of carboxylic acid groups (broad SMARTS) is 1. The fourth-order valence-corrected chi connectivity index (χ4v) is 0.813. The van der Waals surface area contributed by atoms with Crippen molar-refractivity contribution in [3.63, 3.8) is 0 Å². The fraction of sp³-hybridized carbons (Fsp3) is 0.667. The predicted molar refractivity (Wildman–Crippen MR) is 48.7 cm³/mol. The summed E-state index contributed by atoms with van der Waals surface area (Å²) in [5, 5.41) is 8.72. The van der Waals surface area contributed by atoms with E-state index in [0.717, 1.165) is 0 Å². The lowest BCUT2D eigenvalue weighted by Crippen LogP contribution is -2.49. The van der Waals surface area contributed by atoms with Crippen molar-refractivity contribution in [2.24, 2.45) is 27.9 Å². The van der Waals surface area contributed by atoms with Crippen molar-refractivity contribution in [2.45, 2.75) is 18.5 Å². The summed E-state index contributed by atoms with van der Waals surface area (Å²) in [6.07, 6.45) is 0.552. The first-order chi connectivity index (χ1) is 5.92. The molecule has 0 fully saturated rings. The van der Waals surface area contributed by atoms with E-state index >= 15 is 0 Å². The largest absolute Gasteiger partial charge is 0.478 e. The van der Waals surface area contributed by atoms with Crippen LogP contribution in [0.5, 0.6) is 0 Å². The minimum absolute atomic E-state index is 0.108. The number of carboxylic acids is 1.